The molecule has 2 aromatic rings. The topological polar surface area (TPSA) is 27.1 Å². The van der Waals surface area contributed by atoms with Crippen molar-refractivity contribution in [2.45, 2.75) is 13.7 Å². The Kier molecular flexibility index (Phi) is 2.96. The van der Waals surface area contributed by atoms with Crippen LogP contribution in [0.5, 0.6) is 0 Å². The predicted octanol–water partition coefficient (Wildman–Crippen LogP) is 2.61. The van der Waals surface area contributed by atoms with Gasteiger partial charge in [0.25, 0.3) is 0 Å². The highest BCUT2D eigenvalue weighted by molar-refractivity contribution is 7.13. The zero-order valence-electron chi connectivity index (χ0n) is 8.01. The summed E-state index contributed by atoms with van der Waals surface area (Å²) < 4.78 is 7.35. The third-order valence-electron chi connectivity index (χ3n) is 1.89. The Balaban J connectivity index is 2.22. The molecule has 0 saturated heterocycles. The Bertz CT molecular complexity index is 380. The molecule has 0 saturated carbocycles. The van der Waals surface area contributed by atoms with Crippen molar-refractivity contribution in [3.8, 4) is 10.7 Å². The van der Waals surface area contributed by atoms with Crippen LogP contribution < -0.4 is 0 Å². The van der Waals surface area contributed by atoms with Gasteiger partial charge in [-0.3, -0.25) is 0 Å². The lowest BCUT2D eigenvalue weighted by molar-refractivity contribution is 0.0889. The third-order valence-corrected chi connectivity index (χ3v) is 2.76. The molecule has 2 aromatic heterocycles. The minimum absolute atomic E-state index is 0.573. The molecule has 2 rings (SSSR count). The van der Waals surface area contributed by atoms with Crippen LogP contribution in [-0.2, 0) is 11.5 Å². The first-order valence-electron chi connectivity index (χ1n) is 4.54. The van der Waals surface area contributed by atoms with Gasteiger partial charge in [0.15, 0.2) is 5.82 Å². The average molecular weight is 208 g/mol. The average Bonchev–Trinajstić information content (AvgIpc) is 2.84. The molecule has 0 atom stereocenters. The van der Waals surface area contributed by atoms with Gasteiger partial charge in [-0.25, -0.2) is 4.98 Å². The maximum absolute atomic E-state index is 5.34. The Morgan fingerprint density at radius 2 is 2.50 bits per heavy atom. The molecule has 4 heteroatoms. The summed E-state index contributed by atoms with van der Waals surface area (Å²) in [5.41, 5.74) is 0. The molecular weight excluding hydrogens is 196 g/mol. The summed E-state index contributed by atoms with van der Waals surface area (Å²) in [6.45, 7) is 3.29. The number of hydrogen-bond acceptors (Lipinski definition) is 3. The van der Waals surface area contributed by atoms with Crippen LogP contribution in [0, 0.1) is 0 Å². The number of hydrogen-bond donors (Lipinski definition) is 0. The van der Waals surface area contributed by atoms with Crippen LogP contribution in [0.4, 0.5) is 0 Å². The van der Waals surface area contributed by atoms with Crippen LogP contribution in [0.25, 0.3) is 10.7 Å². The second-order valence-corrected chi connectivity index (χ2v) is 3.77. The summed E-state index contributed by atoms with van der Waals surface area (Å²) in [6.07, 6.45) is 3.73. The van der Waals surface area contributed by atoms with Gasteiger partial charge in [-0.15, -0.1) is 11.3 Å². The fraction of sp³-hybridized carbons (Fsp3) is 0.300. The van der Waals surface area contributed by atoms with E-state index in [-0.39, 0.29) is 0 Å². The number of rotatable bonds is 4. The molecule has 0 N–H and O–H groups in total. The highest BCUT2D eigenvalue weighted by Gasteiger charge is 2.05. The number of ether oxygens (including phenoxy) is 1. The van der Waals surface area contributed by atoms with Crippen LogP contribution in [0.15, 0.2) is 29.9 Å². The number of nitrogens with zero attached hydrogens (tertiary/aromatic N) is 2. The second kappa shape index (κ2) is 4.39. The van der Waals surface area contributed by atoms with Crippen molar-refractivity contribution in [1.29, 1.82) is 0 Å². The van der Waals surface area contributed by atoms with Gasteiger partial charge in [0.1, 0.15) is 6.73 Å². The lowest BCUT2D eigenvalue weighted by Crippen LogP contribution is -2.02. The lowest BCUT2D eigenvalue weighted by atomic mass is 10.4. The first kappa shape index (κ1) is 9.43. The molecule has 2 heterocycles. The number of imidazole rings is 1. The van der Waals surface area contributed by atoms with Gasteiger partial charge in [-0.2, -0.15) is 0 Å². The van der Waals surface area contributed by atoms with Crippen molar-refractivity contribution in [2.75, 3.05) is 6.61 Å². The van der Waals surface area contributed by atoms with E-state index >= 15 is 0 Å². The molecule has 0 aliphatic carbocycles. The van der Waals surface area contributed by atoms with Gasteiger partial charge in [0.05, 0.1) is 4.88 Å². The van der Waals surface area contributed by atoms with E-state index in [0.717, 1.165) is 12.4 Å². The first-order chi connectivity index (χ1) is 6.92. The molecule has 0 fully saturated rings. The van der Waals surface area contributed by atoms with Crippen molar-refractivity contribution in [3.05, 3.63) is 29.9 Å². The summed E-state index contributed by atoms with van der Waals surface area (Å²) in [5, 5.41) is 2.05. The van der Waals surface area contributed by atoms with Gasteiger partial charge >= 0.3 is 0 Å². The molecule has 74 valence electrons. The van der Waals surface area contributed by atoms with E-state index in [0.29, 0.717) is 6.73 Å². The summed E-state index contributed by atoms with van der Waals surface area (Å²) in [4.78, 5) is 5.48. The Morgan fingerprint density at radius 1 is 1.57 bits per heavy atom. The SMILES string of the molecule is CCOCn1ccnc1-c1cccs1. The molecule has 0 aromatic carbocycles. The van der Waals surface area contributed by atoms with E-state index in [1.165, 1.54) is 4.88 Å². The molecular formula is C10H12N2OS. The molecule has 0 radical (unpaired) electrons. The largest absolute Gasteiger partial charge is 0.361 e. The van der Waals surface area contributed by atoms with Gasteiger partial charge in [0, 0.05) is 19.0 Å². The number of thiophene rings is 1. The molecule has 0 aliphatic rings. The molecule has 0 amide bonds. The quantitative estimate of drug-likeness (QED) is 0.772. The Hall–Kier alpha value is -1.13. The fourth-order valence-corrected chi connectivity index (χ4v) is 1.97. The molecule has 14 heavy (non-hydrogen) atoms. The third kappa shape index (κ3) is 1.86. The van der Waals surface area contributed by atoms with Gasteiger partial charge in [-0.1, -0.05) is 6.07 Å². The molecule has 3 nitrogen and oxygen atoms in total. The van der Waals surface area contributed by atoms with Crippen LogP contribution in [0.3, 0.4) is 0 Å². The molecule has 0 unspecified atom stereocenters. The van der Waals surface area contributed by atoms with Crippen LogP contribution in [-0.4, -0.2) is 16.2 Å². The first-order valence-corrected chi connectivity index (χ1v) is 5.42. The molecule has 0 aliphatic heterocycles. The lowest BCUT2D eigenvalue weighted by Gasteiger charge is -2.05. The van der Waals surface area contributed by atoms with Crippen molar-refractivity contribution >= 4 is 11.3 Å². The normalized spacial score (nSPS) is 10.6. The van der Waals surface area contributed by atoms with E-state index in [1.54, 1.807) is 17.5 Å². The van der Waals surface area contributed by atoms with E-state index in [1.807, 2.05) is 23.8 Å². The summed E-state index contributed by atoms with van der Waals surface area (Å²) >= 11 is 1.69. The summed E-state index contributed by atoms with van der Waals surface area (Å²) in [6, 6.07) is 4.09. The van der Waals surface area contributed by atoms with Crippen molar-refractivity contribution < 1.29 is 4.74 Å². The molecule has 0 bridgehead atoms. The van der Waals surface area contributed by atoms with Crippen molar-refractivity contribution in [2.24, 2.45) is 0 Å². The van der Waals surface area contributed by atoms with Crippen LogP contribution in [0.2, 0.25) is 0 Å². The van der Waals surface area contributed by atoms with E-state index in [4.69, 9.17) is 4.74 Å². The predicted molar refractivity (Wildman–Crippen MR) is 57.2 cm³/mol. The fourth-order valence-electron chi connectivity index (χ4n) is 1.23. The van der Waals surface area contributed by atoms with Gasteiger partial charge in [0.2, 0.25) is 0 Å². The maximum Gasteiger partial charge on any atom is 0.151 e. The minimum atomic E-state index is 0.573. The van der Waals surface area contributed by atoms with Gasteiger partial charge < -0.3 is 9.30 Å². The van der Waals surface area contributed by atoms with Crippen LogP contribution >= 0.6 is 11.3 Å². The summed E-state index contributed by atoms with van der Waals surface area (Å²) in [5.74, 6) is 0.980. The zero-order chi connectivity index (χ0) is 9.80. The van der Waals surface area contributed by atoms with Gasteiger partial charge in [-0.05, 0) is 18.4 Å². The highest BCUT2D eigenvalue weighted by Crippen LogP contribution is 2.22. The summed E-state index contributed by atoms with van der Waals surface area (Å²) in [7, 11) is 0. The molecule has 0 spiro atoms. The van der Waals surface area contributed by atoms with E-state index in [9.17, 15) is 0 Å². The van der Waals surface area contributed by atoms with Crippen molar-refractivity contribution in [1.82, 2.24) is 9.55 Å². The second-order valence-electron chi connectivity index (χ2n) is 2.82. The Morgan fingerprint density at radius 3 is 3.21 bits per heavy atom. The van der Waals surface area contributed by atoms with E-state index < -0.39 is 0 Å². The zero-order valence-corrected chi connectivity index (χ0v) is 8.83. The van der Waals surface area contributed by atoms with Crippen molar-refractivity contribution in [3.63, 3.8) is 0 Å². The maximum atomic E-state index is 5.34. The van der Waals surface area contributed by atoms with E-state index in [2.05, 4.69) is 16.4 Å². The standard InChI is InChI=1S/C10H12N2OS/c1-2-13-8-12-6-5-11-10(12)9-4-3-7-14-9/h3-7H,2,8H2,1H3. The van der Waals surface area contributed by atoms with Crippen LogP contribution in [0.1, 0.15) is 6.92 Å². The minimum Gasteiger partial charge on any atom is -0.361 e. The highest BCUT2D eigenvalue weighted by atomic mass is 32.1. The monoisotopic (exact) mass is 208 g/mol. The smallest absolute Gasteiger partial charge is 0.151 e. The number of aromatic nitrogens is 2. The Labute approximate surface area is 87.0 Å².